The van der Waals surface area contributed by atoms with E-state index in [0.717, 1.165) is 45.0 Å². The van der Waals surface area contributed by atoms with E-state index in [1.807, 2.05) is 26.8 Å². The largest absolute Gasteiger partial charge is 0.459 e. The number of nitrogen functional groups attached to an aromatic ring is 1. The average molecular weight is 224 g/mol. The van der Waals surface area contributed by atoms with Gasteiger partial charge in [0.25, 0.3) is 0 Å². The summed E-state index contributed by atoms with van der Waals surface area (Å²) >= 11 is 6.18. The molecule has 2 aromatic rings. The topological polar surface area (TPSA) is 39.2 Å². The van der Waals surface area contributed by atoms with Gasteiger partial charge >= 0.3 is 0 Å². The van der Waals surface area contributed by atoms with Crippen molar-refractivity contribution in [2.24, 2.45) is 0 Å². The molecule has 0 fully saturated rings. The zero-order valence-corrected chi connectivity index (χ0v) is 9.90. The van der Waals surface area contributed by atoms with E-state index in [1.165, 1.54) is 0 Å². The Morgan fingerprint density at radius 3 is 2.67 bits per heavy atom. The molecule has 0 saturated heterocycles. The zero-order chi connectivity index (χ0) is 11.2. The van der Waals surface area contributed by atoms with Gasteiger partial charge in [0, 0.05) is 16.8 Å². The Morgan fingerprint density at radius 1 is 1.40 bits per heavy atom. The molecule has 0 radical (unpaired) electrons. The number of benzene rings is 1. The quantitative estimate of drug-likeness (QED) is 0.798. The first kappa shape index (κ1) is 10.4. The molecule has 0 aliphatic heterocycles. The molecule has 2 rings (SSSR count). The minimum Gasteiger partial charge on any atom is -0.459 e. The second-order valence-corrected chi connectivity index (χ2v) is 4.18. The maximum Gasteiger partial charge on any atom is 0.137 e. The molecule has 0 aliphatic rings. The van der Waals surface area contributed by atoms with Crippen LogP contribution in [0, 0.1) is 13.8 Å². The standard InChI is InChI=1S/C12H14ClNO/c1-4-8-12(14)10-7(3)11(13)6(2)5-9(10)15-8/h5H,4,14H2,1-3H3. The number of halogens is 1. The third-order valence-electron chi connectivity index (χ3n) is 2.77. The second-order valence-electron chi connectivity index (χ2n) is 3.80. The molecule has 0 saturated carbocycles. The van der Waals surface area contributed by atoms with E-state index in [1.54, 1.807) is 0 Å². The molecule has 2 N–H and O–H groups in total. The van der Waals surface area contributed by atoms with Gasteiger partial charge in [0.05, 0.1) is 5.69 Å². The third-order valence-corrected chi connectivity index (χ3v) is 3.35. The van der Waals surface area contributed by atoms with Crippen molar-refractivity contribution >= 4 is 28.3 Å². The SMILES string of the molecule is CCc1oc2cc(C)c(Cl)c(C)c2c1N. The number of furan rings is 1. The Bertz CT molecular complexity index is 528. The molecular weight excluding hydrogens is 210 g/mol. The summed E-state index contributed by atoms with van der Waals surface area (Å²) in [5.74, 6) is 0.842. The number of nitrogens with two attached hydrogens (primary N) is 1. The molecule has 1 heterocycles. The highest BCUT2D eigenvalue weighted by molar-refractivity contribution is 6.33. The summed E-state index contributed by atoms with van der Waals surface area (Å²) in [6.45, 7) is 5.97. The number of hydrogen-bond donors (Lipinski definition) is 1. The molecule has 1 aromatic carbocycles. The van der Waals surface area contributed by atoms with E-state index in [2.05, 4.69) is 0 Å². The number of fused-ring (bicyclic) bond motifs is 1. The Kier molecular flexibility index (Phi) is 2.39. The Labute approximate surface area is 94.0 Å². The van der Waals surface area contributed by atoms with Crippen molar-refractivity contribution in [1.29, 1.82) is 0 Å². The maximum atomic E-state index is 6.18. The first-order chi connectivity index (χ1) is 7.06. The van der Waals surface area contributed by atoms with E-state index in [4.69, 9.17) is 21.8 Å². The van der Waals surface area contributed by atoms with E-state index in [0.29, 0.717) is 0 Å². The summed E-state index contributed by atoms with van der Waals surface area (Å²) in [7, 11) is 0. The summed E-state index contributed by atoms with van der Waals surface area (Å²) in [4.78, 5) is 0. The van der Waals surface area contributed by atoms with Crippen molar-refractivity contribution in [3.63, 3.8) is 0 Å². The average Bonchev–Trinajstić information content (AvgIpc) is 2.52. The normalized spacial score (nSPS) is 11.2. The van der Waals surface area contributed by atoms with Crippen molar-refractivity contribution in [1.82, 2.24) is 0 Å². The zero-order valence-electron chi connectivity index (χ0n) is 9.15. The Balaban J connectivity index is 2.90. The minimum absolute atomic E-state index is 0.729. The lowest BCUT2D eigenvalue weighted by Gasteiger charge is -2.03. The predicted molar refractivity (Wildman–Crippen MR) is 64.5 cm³/mol. The minimum atomic E-state index is 0.729. The monoisotopic (exact) mass is 223 g/mol. The van der Waals surface area contributed by atoms with Crippen LogP contribution in [0.15, 0.2) is 10.5 Å². The van der Waals surface area contributed by atoms with E-state index in [9.17, 15) is 0 Å². The smallest absolute Gasteiger partial charge is 0.137 e. The molecule has 0 unspecified atom stereocenters. The molecule has 0 atom stereocenters. The molecule has 0 aliphatic carbocycles. The van der Waals surface area contributed by atoms with Crippen molar-refractivity contribution in [3.8, 4) is 0 Å². The molecule has 3 heteroatoms. The third kappa shape index (κ3) is 1.40. The van der Waals surface area contributed by atoms with Gasteiger partial charge in [-0.1, -0.05) is 18.5 Å². The van der Waals surface area contributed by atoms with Gasteiger partial charge in [0.15, 0.2) is 0 Å². The summed E-state index contributed by atoms with van der Waals surface area (Å²) in [5.41, 5.74) is 9.62. The molecule has 80 valence electrons. The number of hydrogen-bond acceptors (Lipinski definition) is 2. The number of rotatable bonds is 1. The van der Waals surface area contributed by atoms with Crippen LogP contribution in [-0.4, -0.2) is 0 Å². The fourth-order valence-corrected chi connectivity index (χ4v) is 2.08. The van der Waals surface area contributed by atoms with Crippen LogP contribution in [0.3, 0.4) is 0 Å². The van der Waals surface area contributed by atoms with Crippen LogP contribution in [0.25, 0.3) is 11.0 Å². The van der Waals surface area contributed by atoms with Crippen molar-refractivity contribution in [2.45, 2.75) is 27.2 Å². The second kappa shape index (κ2) is 3.46. The lowest BCUT2D eigenvalue weighted by molar-refractivity contribution is 0.559. The summed E-state index contributed by atoms with van der Waals surface area (Å²) in [6.07, 6.45) is 0.802. The van der Waals surface area contributed by atoms with Crippen LogP contribution in [0.1, 0.15) is 23.8 Å². The van der Waals surface area contributed by atoms with Crippen molar-refractivity contribution in [2.75, 3.05) is 5.73 Å². The fraction of sp³-hybridized carbons (Fsp3) is 0.333. The van der Waals surface area contributed by atoms with Gasteiger partial charge in [-0.2, -0.15) is 0 Å². The van der Waals surface area contributed by atoms with Gasteiger partial charge in [0.1, 0.15) is 11.3 Å². The Morgan fingerprint density at radius 2 is 2.07 bits per heavy atom. The summed E-state index contributed by atoms with van der Waals surface area (Å²) < 4.78 is 5.68. The molecule has 2 nitrogen and oxygen atoms in total. The lowest BCUT2D eigenvalue weighted by atomic mass is 10.1. The maximum absolute atomic E-state index is 6.18. The first-order valence-corrected chi connectivity index (χ1v) is 5.40. The van der Waals surface area contributed by atoms with Gasteiger partial charge in [-0.05, 0) is 31.0 Å². The predicted octanol–water partition coefficient (Wildman–Crippen LogP) is 3.85. The van der Waals surface area contributed by atoms with E-state index >= 15 is 0 Å². The highest BCUT2D eigenvalue weighted by Gasteiger charge is 2.15. The molecule has 0 spiro atoms. The van der Waals surface area contributed by atoms with Gasteiger partial charge in [0.2, 0.25) is 0 Å². The highest BCUT2D eigenvalue weighted by Crippen LogP contribution is 2.36. The fourth-order valence-electron chi connectivity index (χ4n) is 1.93. The molecule has 15 heavy (non-hydrogen) atoms. The van der Waals surface area contributed by atoms with Crippen LogP contribution in [-0.2, 0) is 6.42 Å². The molecule has 0 bridgehead atoms. The summed E-state index contributed by atoms with van der Waals surface area (Å²) in [6, 6.07) is 1.94. The highest BCUT2D eigenvalue weighted by atomic mass is 35.5. The van der Waals surface area contributed by atoms with Gasteiger partial charge in [-0.15, -0.1) is 0 Å². The lowest BCUT2D eigenvalue weighted by Crippen LogP contribution is -1.90. The number of aryl methyl sites for hydroxylation is 3. The van der Waals surface area contributed by atoms with Crippen LogP contribution in [0.4, 0.5) is 5.69 Å². The van der Waals surface area contributed by atoms with Gasteiger partial charge in [-0.25, -0.2) is 0 Å². The summed E-state index contributed by atoms with van der Waals surface area (Å²) in [5, 5.41) is 1.74. The van der Waals surface area contributed by atoms with Crippen LogP contribution in [0.5, 0.6) is 0 Å². The van der Waals surface area contributed by atoms with Crippen LogP contribution in [0.2, 0.25) is 5.02 Å². The van der Waals surface area contributed by atoms with Crippen LogP contribution < -0.4 is 5.73 Å². The Hall–Kier alpha value is -1.15. The van der Waals surface area contributed by atoms with E-state index < -0.39 is 0 Å². The number of anilines is 1. The van der Waals surface area contributed by atoms with Gasteiger partial charge in [-0.3, -0.25) is 0 Å². The molecule has 1 aromatic heterocycles. The molecular formula is C12H14ClNO. The van der Waals surface area contributed by atoms with Crippen molar-refractivity contribution in [3.05, 3.63) is 28.0 Å². The van der Waals surface area contributed by atoms with Crippen LogP contribution >= 0.6 is 11.6 Å². The van der Waals surface area contributed by atoms with Crippen molar-refractivity contribution < 1.29 is 4.42 Å². The first-order valence-electron chi connectivity index (χ1n) is 5.02. The van der Waals surface area contributed by atoms with E-state index in [-0.39, 0.29) is 0 Å². The van der Waals surface area contributed by atoms with Gasteiger partial charge < -0.3 is 10.2 Å². The molecule has 0 amide bonds.